The first-order valence-electron chi connectivity index (χ1n) is 6.05. The Morgan fingerprint density at radius 2 is 2.10 bits per heavy atom. The van der Waals surface area contributed by atoms with E-state index in [0.717, 1.165) is 11.8 Å². The summed E-state index contributed by atoms with van der Waals surface area (Å²) in [6.07, 6.45) is 1.03. The molecule has 0 spiro atoms. The van der Waals surface area contributed by atoms with E-state index in [9.17, 15) is 13.2 Å². The summed E-state index contributed by atoms with van der Waals surface area (Å²) in [5, 5.41) is 1.49. The monoisotopic (exact) mass is 294 g/mol. The number of hydrogen-bond donors (Lipinski definition) is 2. The number of amides is 1. The fourth-order valence-corrected chi connectivity index (χ4v) is 1.89. The number of carbonyl (C=O) groups is 1. The van der Waals surface area contributed by atoms with Gasteiger partial charge in [0.1, 0.15) is 5.25 Å². The van der Waals surface area contributed by atoms with Crippen LogP contribution in [0.5, 0.6) is 0 Å². The van der Waals surface area contributed by atoms with Crippen LogP contribution in [0.4, 0.5) is 5.69 Å². The van der Waals surface area contributed by atoms with Gasteiger partial charge in [-0.05, 0) is 31.5 Å². The van der Waals surface area contributed by atoms with Crippen LogP contribution in [0.2, 0.25) is 0 Å². The van der Waals surface area contributed by atoms with E-state index in [1.165, 1.54) is 6.92 Å². The lowest BCUT2D eigenvalue weighted by atomic mass is 10.1. The fourth-order valence-electron chi connectivity index (χ4n) is 1.45. The van der Waals surface area contributed by atoms with Crippen molar-refractivity contribution >= 4 is 21.4 Å². The molecule has 6 heteroatoms. The Kier molecular flexibility index (Phi) is 5.31. The fraction of sp³-hybridized carbons (Fsp3) is 0.357. The number of rotatable bonds is 3. The molecule has 0 radical (unpaired) electrons. The van der Waals surface area contributed by atoms with E-state index in [-0.39, 0.29) is 6.54 Å². The Morgan fingerprint density at radius 3 is 2.65 bits per heavy atom. The second-order valence-electron chi connectivity index (χ2n) is 4.52. The third-order valence-electron chi connectivity index (χ3n) is 2.77. The van der Waals surface area contributed by atoms with Gasteiger partial charge in [0.15, 0.2) is 9.84 Å². The van der Waals surface area contributed by atoms with Crippen LogP contribution in [-0.4, -0.2) is 32.4 Å². The summed E-state index contributed by atoms with van der Waals surface area (Å²) in [6, 6.07) is 5.36. The predicted octanol–water partition coefficient (Wildman–Crippen LogP) is 0.677. The topological polar surface area (TPSA) is 89.3 Å². The lowest BCUT2D eigenvalue weighted by Gasteiger charge is -2.12. The Morgan fingerprint density at radius 1 is 1.45 bits per heavy atom. The molecular formula is C14H18N2O3S. The van der Waals surface area contributed by atoms with Gasteiger partial charge in [-0.25, -0.2) is 8.42 Å². The maximum absolute atomic E-state index is 11.9. The van der Waals surface area contributed by atoms with Gasteiger partial charge < -0.3 is 11.1 Å². The highest BCUT2D eigenvalue weighted by atomic mass is 32.2. The number of nitrogens with one attached hydrogen (secondary N) is 1. The second-order valence-corrected chi connectivity index (χ2v) is 6.88. The van der Waals surface area contributed by atoms with Gasteiger partial charge in [-0.2, -0.15) is 0 Å². The summed E-state index contributed by atoms with van der Waals surface area (Å²) in [6.45, 7) is 3.43. The minimum atomic E-state index is -3.43. The number of sulfone groups is 1. The molecule has 0 aromatic heterocycles. The first-order chi connectivity index (χ1) is 9.25. The molecule has 0 saturated carbocycles. The molecule has 0 heterocycles. The van der Waals surface area contributed by atoms with E-state index in [1.54, 1.807) is 12.1 Å². The van der Waals surface area contributed by atoms with Crippen LogP contribution >= 0.6 is 0 Å². The van der Waals surface area contributed by atoms with Crippen molar-refractivity contribution in [2.75, 3.05) is 18.1 Å². The first-order valence-corrected chi connectivity index (χ1v) is 8.00. The molecule has 0 aliphatic carbocycles. The highest BCUT2D eigenvalue weighted by Gasteiger charge is 2.24. The predicted molar refractivity (Wildman–Crippen MR) is 80.0 cm³/mol. The molecule has 3 N–H and O–H groups in total. The summed E-state index contributed by atoms with van der Waals surface area (Å²) >= 11 is 0. The van der Waals surface area contributed by atoms with Gasteiger partial charge in [0.2, 0.25) is 5.91 Å². The van der Waals surface area contributed by atoms with Gasteiger partial charge in [0.25, 0.3) is 0 Å². The van der Waals surface area contributed by atoms with Gasteiger partial charge in [0.05, 0.1) is 12.2 Å². The number of hydrogen-bond acceptors (Lipinski definition) is 4. The van der Waals surface area contributed by atoms with E-state index >= 15 is 0 Å². The Hall–Kier alpha value is -1.84. The molecule has 0 saturated heterocycles. The van der Waals surface area contributed by atoms with Crippen molar-refractivity contribution < 1.29 is 13.2 Å². The molecule has 0 aliphatic rings. The van der Waals surface area contributed by atoms with Crippen molar-refractivity contribution in [1.82, 2.24) is 0 Å². The number of anilines is 1. The highest BCUT2D eigenvalue weighted by Crippen LogP contribution is 2.17. The third kappa shape index (κ3) is 4.37. The molecule has 1 unspecified atom stereocenters. The second kappa shape index (κ2) is 6.55. The van der Waals surface area contributed by atoms with Crippen molar-refractivity contribution in [2.24, 2.45) is 5.73 Å². The normalized spacial score (nSPS) is 12.2. The summed E-state index contributed by atoms with van der Waals surface area (Å²) in [4.78, 5) is 11.9. The minimum absolute atomic E-state index is 0.209. The molecule has 1 rings (SSSR count). The Bertz CT molecular complexity index is 669. The van der Waals surface area contributed by atoms with Crippen molar-refractivity contribution in [2.45, 2.75) is 19.1 Å². The van der Waals surface area contributed by atoms with Crippen LogP contribution < -0.4 is 11.1 Å². The van der Waals surface area contributed by atoms with E-state index < -0.39 is 21.0 Å². The molecule has 1 amide bonds. The zero-order chi connectivity index (χ0) is 15.3. The summed E-state index contributed by atoms with van der Waals surface area (Å²) in [5.41, 5.74) is 7.36. The van der Waals surface area contributed by atoms with Crippen LogP contribution in [0.3, 0.4) is 0 Å². The van der Waals surface area contributed by atoms with Crippen LogP contribution in [0.1, 0.15) is 18.1 Å². The number of carbonyl (C=O) groups excluding carboxylic acids is 1. The average Bonchev–Trinajstić information content (AvgIpc) is 2.35. The molecule has 0 fully saturated rings. The zero-order valence-corrected chi connectivity index (χ0v) is 12.5. The Labute approximate surface area is 119 Å². The molecule has 108 valence electrons. The SMILES string of the molecule is Cc1ccc(C#CCN)c(NC(=O)C(C)S(C)(=O)=O)c1. The Balaban J connectivity index is 3.08. The van der Waals surface area contributed by atoms with E-state index in [0.29, 0.717) is 11.3 Å². The first kappa shape index (κ1) is 16.2. The van der Waals surface area contributed by atoms with Gasteiger partial charge in [0, 0.05) is 11.8 Å². The molecule has 0 bridgehead atoms. The minimum Gasteiger partial charge on any atom is -0.324 e. The van der Waals surface area contributed by atoms with Crippen LogP contribution in [0.15, 0.2) is 18.2 Å². The van der Waals surface area contributed by atoms with Gasteiger partial charge in [-0.1, -0.05) is 17.9 Å². The van der Waals surface area contributed by atoms with Crippen molar-refractivity contribution in [1.29, 1.82) is 0 Å². The quantitative estimate of drug-likeness (QED) is 0.802. The molecule has 1 aromatic rings. The average molecular weight is 294 g/mol. The summed E-state index contributed by atoms with van der Waals surface area (Å²) in [5.74, 6) is 4.97. The van der Waals surface area contributed by atoms with Crippen molar-refractivity contribution in [3.8, 4) is 11.8 Å². The zero-order valence-electron chi connectivity index (χ0n) is 11.7. The largest absolute Gasteiger partial charge is 0.324 e. The van der Waals surface area contributed by atoms with Crippen molar-refractivity contribution in [3.05, 3.63) is 29.3 Å². The molecule has 1 aromatic carbocycles. The molecule has 1 atom stereocenters. The molecule has 20 heavy (non-hydrogen) atoms. The lowest BCUT2D eigenvalue weighted by Crippen LogP contribution is -2.32. The standard InChI is InChI=1S/C14H18N2O3S/c1-10-6-7-12(5-4-8-15)13(9-10)16-14(17)11(2)20(3,18)19/h6-7,9,11H,8,15H2,1-3H3,(H,16,17). The maximum atomic E-state index is 11.9. The summed E-state index contributed by atoms with van der Waals surface area (Å²) < 4.78 is 22.8. The van der Waals surface area contributed by atoms with E-state index in [1.807, 2.05) is 13.0 Å². The number of aryl methyl sites for hydroxylation is 1. The smallest absolute Gasteiger partial charge is 0.242 e. The van der Waals surface area contributed by atoms with Gasteiger partial charge in [-0.3, -0.25) is 4.79 Å². The summed E-state index contributed by atoms with van der Waals surface area (Å²) in [7, 11) is -3.43. The molecule has 0 aliphatic heterocycles. The highest BCUT2D eigenvalue weighted by molar-refractivity contribution is 7.92. The maximum Gasteiger partial charge on any atom is 0.242 e. The molecule has 5 nitrogen and oxygen atoms in total. The van der Waals surface area contributed by atoms with Crippen LogP contribution in [0, 0.1) is 18.8 Å². The van der Waals surface area contributed by atoms with Crippen LogP contribution in [-0.2, 0) is 14.6 Å². The van der Waals surface area contributed by atoms with Gasteiger partial charge in [-0.15, -0.1) is 0 Å². The van der Waals surface area contributed by atoms with E-state index in [2.05, 4.69) is 17.2 Å². The van der Waals surface area contributed by atoms with Crippen molar-refractivity contribution in [3.63, 3.8) is 0 Å². The number of nitrogens with two attached hydrogens (primary N) is 1. The van der Waals surface area contributed by atoms with Gasteiger partial charge >= 0.3 is 0 Å². The van der Waals surface area contributed by atoms with E-state index in [4.69, 9.17) is 5.73 Å². The number of benzene rings is 1. The van der Waals surface area contributed by atoms with Crippen LogP contribution in [0.25, 0.3) is 0 Å². The third-order valence-corrected chi connectivity index (χ3v) is 4.27. The lowest BCUT2D eigenvalue weighted by molar-refractivity contribution is -0.115. The molecular weight excluding hydrogens is 276 g/mol.